The summed E-state index contributed by atoms with van der Waals surface area (Å²) in [5.74, 6) is 0.286. The van der Waals surface area contributed by atoms with Crippen LogP contribution < -0.4 is 0 Å². The highest BCUT2D eigenvalue weighted by atomic mass is 32.2. The molecule has 0 saturated carbocycles. The third-order valence-electron chi connectivity index (χ3n) is 8.09. The Bertz CT molecular complexity index is 1990. The maximum Gasteiger partial charge on any atom is 0.128 e. The van der Waals surface area contributed by atoms with Gasteiger partial charge in [0.15, 0.2) is 0 Å². The standard InChI is InChI=1S/C41H39N3OS/c1-40(2,3)32-25-34(39(45)35(26-32)41(4,5)6)37-23-31(27-11-8-7-9-12-27)22-36(44-37)30-13-10-14-33(21-30)46-38-24-29(17-20-43-38)28-15-18-42-19-16-28/h7-26,45H,1-6H3. The van der Waals surface area contributed by atoms with E-state index < -0.39 is 0 Å². The maximum absolute atomic E-state index is 11.8. The molecule has 3 aromatic carbocycles. The largest absolute Gasteiger partial charge is 0.507 e. The average Bonchev–Trinajstić information content (AvgIpc) is 3.04. The van der Waals surface area contributed by atoms with E-state index in [4.69, 9.17) is 4.98 Å². The van der Waals surface area contributed by atoms with Crippen molar-refractivity contribution < 1.29 is 5.11 Å². The number of phenols is 1. The Labute approximate surface area is 276 Å². The minimum atomic E-state index is -0.242. The van der Waals surface area contributed by atoms with Crippen molar-refractivity contribution in [3.8, 4) is 50.5 Å². The number of phenolic OH excluding ortho intramolecular Hbond substituents is 1. The van der Waals surface area contributed by atoms with Crippen molar-refractivity contribution in [3.63, 3.8) is 0 Å². The molecular weight excluding hydrogens is 583 g/mol. The summed E-state index contributed by atoms with van der Waals surface area (Å²) >= 11 is 1.62. The molecule has 0 amide bonds. The van der Waals surface area contributed by atoms with Crippen LogP contribution in [0.4, 0.5) is 0 Å². The van der Waals surface area contributed by atoms with Gasteiger partial charge in [-0.15, -0.1) is 0 Å². The molecule has 3 aromatic heterocycles. The molecule has 0 aliphatic carbocycles. The van der Waals surface area contributed by atoms with Gasteiger partial charge in [0.1, 0.15) is 10.8 Å². The fraction of sp³-hybridized carbons (Fsp3) is 0.195. The molecule has 0 bridgehead atoms. The fourth-order valence-electron chi connectivity index (χ4n) is 5.48. The van der Waals surface area contributed by atoms with Gasteiger partial charge in [-0.3, -0.25) is 4.98 Å². The molecule has 5 heteroatoms. The van der Waals surface area contributed by atoms with E-state index >= 15 is 0 Å². The topological polar surface area (TPSA) is 58.9 Å². The quantitative estimate of drug-likeness (QED) is 0.200. The summed E-state index contributed by atoms with van der Waals surface area (Å²) in [6.45, 7) is 13.0. The second-order valence-electron chi connectivity index (χ2n) is 13.7. The Morgan fingerprint density at radius 2 is 1.24 bits per heavy atom. The monoisotopic (exact) mass is 621 g/mol. The molecule has 230 valence electrons. The lowest BCUT2D eigenvalue weighted by molar-refractivity contribution is 0.446. The third kappa shape index (κ3) is 6.90. The predicted molar refractivity (Wildman–Crippen MR) is 191 cm³/mol. The molecule has 0 saturated heterocycles. The van der Waals surface area contributed by atoms with Crippen LogP contribution in [0, 0.1) is 0 Å². The summed E-state index contributed by atoms with van der Waals surface area (Å²) in [7, 11) is 0. The second kappa shape index (κ2) is 12.6. The molecule has 6 aromatic rings. The lowest BCUT2D eigenvalue weighted by atomic mass is 9.78. The van der Waals surface area contributed by atoms with Crippen LogP contribution in [-0.4, -0.2) is 20.1 Å². The van der Waals surface area contributed by atoms with E-state index in [9.17, 15) is 5.11 Å². The van der Waals surface area contributed by atoms with E-state index in [1.54, 1.807) is 24.2 Å². The Hall–Kier alpha value is -4.74. The van der Waals surface area contributed by atoms with Gasteiger partial charge in [-0.1, -0.05) is 102 Å². The molecule has 1 N–H and O–H groups in total. The lowest BCUT2D eigenvalue weighted by Gasteiger charge is -2.27. The molecule has 0 radical (unpaired) electrons. The number of hydrogen-bond acceptors (Lipinski definition) is 5. The van der Waals surface area contributed by atoms with Crippen LogP contribution in [0.25, 0.3) is 44.8 Å². The van der Waals surface area contributed by atoms with E-state index in [-0.39, 0.29) is 16.6 Å². The van der Waals surface area contributed by atoms with Gasteiger partial charge < -0.3 is 5.11 Å². The van der Waals surface area contributed by atoms with E-state index in [1.807, 2.05) is 30.5 Å². The number of hydrogen-bond donors (Lipinski definition) is 1. The molecule has 0 spiro atoms. The molecular formula is C41H39N3OS. The smallest absolute Gasteiger partial charge is 0.128 e. The summed E-state index contributed by atoms with van der Waals surface area (Å²) in [4.78, 5) is 15.1. The predicted octanol–water partition coefficient (Wildman–Crippen LogP) is 11.0. The van der Waals surface area contributed by atoms with Gasteiger partial charge in [-0.2, -0.15) is 0 Å². The van der Waals surface area contributed by atoms with Gasteiger partial charge in [0.25, 0.3) is 0 Å². The van der Waals surface area contributed by atoms with E-state index in [2.05, 4.69) is 130 Å². The van der Waals surface area contributed by atoms with Crippen molar-refractivity contribution in [2.75, 3.05) is 0 Å². The number of rotatable bonds is 6. The lowest BCUT2D eigenvalue weighted by Crippen LogP contribution is -2.17. The molecule has 0 aliphatic heterocycles. The highest BCUT2D eigenvalue weighted by Crippen LogP contribution is 2.43. The Kier molecular flexibility index (Phi) is 8.54. The van der Waals surface area contributed by atoms with Crippen molar-refractivity contribution >= 4 is 11.8 Å². The summed E-state index contributed by atoms with van der Waals surface area (Å²) in [6.07, 6.45) is 5.46. The fourth-order valence-corrected chi connectivity index (χ4v) is 6.35. The van der Waals surface area contributed by atoms with Crippen LogP contribution in [0.15, 0.2) is 132 Å². The Morgan fingerprint density at radius 3 is 1.96 bits per heavy atom. The third-order valence-corrected chi connectivity index (χ3v) is 9.02. The van der Waals surface area contributed by atoms with Crippen LogP contribution in [0.3, 0.4) is 0 Å². The molecule has 0 unspecified atom stereocenters. The molecule has 0 atom stereocenters. The van der Waals surface area contributed by atoms with Crippen LogP contribution >= 0.6 is 11.8 Å². The molecule has 0 aliphatic rings. The van der Waals surface area contributed by atoms with Gasteiger partial charge in [0.2, 0.25) is 0 Å². The molecule has 0 fully saturated rings. The highest BCUT2D eigenvalue weighted by Gasteiger charge is 2.26. The Balaban J connectivity index is 1.46. The summed E-state index contributed by atoms with van der Waals surface area (Å²) in [6, 6.07) is 35.4. The first-order chi connectivity index (χ1) is 22.0. The first-order valence-corrected chi connectivity index (χ1v) is 16.4. The zero-order valence-electron chi connectivity index (χ0n) is 27.2. The second-order valence-corrected chi connectivity index (χ2v) is 14.8. The van der Waals surface area contributed by atoms with Crippen molar-refractivity contribution in [2.24, 2.45) is 0 Å². The van der Waals surface area contributed by atoms with E-state index in [0.29, 0.717) is 0 Å². The van der Waals surface area contributed by atoms with Gasteiger partial charge in [-0.05, 0) is 93.2 Å². The molecule has 3 heterocycles. The first kappa shape index (κ1) is 31.3. The van der Waals surface area contributed by atoms with Crippen LogP contribution in [0.2, 0.25) is 0 Å². The van der Waals surface area contributed by atoms with Crippen LogP contribution in [-0.2, 0) is 10.8 Å². The Morgan fingerprint density at radius 1 is 0.565 bits per heavy atom. The SMILES string of the molecule is CC(C)(C)c1cc(-c2cc(-c3ccccc3)cc(-c3cccc(Sc4cc(-c5ccncc5)ccn4)c3)n2)c(O)c(C(C)(C)C)c1. The van der Waals surface area contributed by atoms with E-state index in [1.165, 1.54) is 5.56 Å². The minimum absolute atomic E-state index is 0.101. The number of aromatic nitrogens is 3. The van der Waals surface area contributed by atoms with Gasteiger partial charge >= 0.3 is 0 Å². The molecule has 4 nitrogen and oxygen atoms in total. The number of aromatic hydroxyl groups is 1. The van der Waals surface area contributed by atoms with Crippen molar-refractivity contribution in [3.05, 3.63) is 133 Å². The van der Waals surface area contributed by atoms with Crippen molar-refractivity contribution in [1.29, 1.82) is 0 Å². The summed E-state index contributed by atoms with van der Waals surface area (Å²) in [5.41, 5.74) is 9.43. The number of pyridine rings is 3. The molecule has 46 heavy (non-hydrogen) atoms. The zero-order valence-corrected chi connectivity index (χ0v) is 28.1. The number of nitrogens with zero attached hydrogens (tertiary/aromatic N) is 3. The first-order valence-electron chi connectivity index (χ1n) is 15.6. The van der Waals surface area contributed by atoms with E-state index in [0.717, 1.165) is 60.3 Å². The van der Waals surface area contributed by atoms with Crippen LogP contribution in [0.5, 0.6) is 5.75 Å². The molecule has 6 rings (SSSR count). The van der Waals surface area contributed by atoms with Gasteiger partial charge in [-0.25, -0.2) is 9.97 Å². The van der Waals surface area contributed by atoms with Gasteiger partial charge in [0, 0.05) is 40.2 Å². The maximum atomic E-state index is 11.8. The number of benzene rings is 3. The summed E-state index contributed by atoms with van der Waals surface area (Å²) in [5, 5.41) is 12.7. The van der Waals surface area contributed by atoms with Gasteiger partial charge in [0.05, 0.1) is 11.4 Å². The highest BCUT2D eigenvalue weighted by molar-refractivity contribution is 7.99. The van der Waals surface area contributed by atoms with Crippen molar-refractivity contribution in [2.45, 2.75) is 62.3 Å². The van der Waals surface area contributed by atoms with Crippen LogP contribution in [0.1, 0.15) is 52.7 Å². The average molecular weight is 622 g/mol. The van der Waals surface area contributed by atoms with Crippen molar-refractivity contribution in [1.82, 2.24) is 15.0 Å². The normalized spacial score (nSPS) is 11.9. The minimum Gasteiger partial charge on any atom is -0.507 e. The zero-order chi connectivity index (χ0) is 32.5. The summed E-state index contributed by atoms with van der Waals surface area (Å²) < 4.78 is 0.